The lowest BCUT2D eigenvalue weighted by Crippen LogP contribution is -2.40. The minimum Gasteiger partial charge on any atom is -0.452 e. The molecule has 0 spiro atoms. The van der Waals surface area contributed by atoms with Gasteiger partial charge in [-0.2, -0.15) is 4.31 Å². The van der Waals surface area contributed by atoms with Crippen molar-refractivity contribution in [2.24, 2.45) is 0 Å². The monoisotopic (exact) mass is 480 g/mol. The van der Waals surface area contributed by atoms with Gasteiger partial charge in [-0.3, -0.25) is 4.79 Å². The van der Waals surface area contributed by atoms with Gasteiger partial charge in [0.1, 0.15) is 0 Å². The highest BCUT2D eigenvalue weighted by atomic mass is 32.2. The van der Waals surface area contributed by atoms with Gasteiger partial charge in [-0.25, -0.2) is 13.2 Å². The van der Waals surface area contributed by atoms with Crippen molar-refractivity contribution in [1.29, 1.82) is 0 Å². The summed E-state index contributed by atoms with van der Waals surface area (Å²) in [6.45, 7) is 0.794. The maximum atomic E-state index is 12.7. The lowest BCUT2D eigenvalue weighted by molar-refractivity contribution is -0.119. The number of amides is 1. The molecule has 0 saturated carbocycles. The molecule has 0 bridgehead atoms. The van der Waals surface area contributed by atoms with Gasteiger partial charge in [-0.15, -0.1) is 0 Å². The molecular weight excluding hydrogens is 456 g/mol. The van der Waals surface area contributed by atoms with E-state index < -0.39 is 28.5 Å². The van der Waals surface area contributed by atoms with Gasteiger partial charge in [-0.1, -0.05) is 48.5 Å². The summed E-state index contributed by atoms with van der Waals surface area (Å²) in [6.07, 6.45) is 0. The van der Waals surface area contributed by atoms with Gasteiger partial charge in [0, 0.05) is 24.3 Å². The number of benzene rings is 3. The van der Waals surface area contributed by atoms with E-state index in [0.29, 0.717) is 18.9 Å². The first-order chi connectivity index (χ1) is 16.4. The summed E-state index contributed by atoms with van der Waals surface area (Å²) in [6, 6.07) is 22.4. The second kappa shape index (κ2) is 10.6. The number of nitrogens with zero attached hydrogens (tertiary/aromatic N) is 1. The first-order valence-electron chi connectivity index (χ1n) is 10.7. The van der Waals surface area contributed by atoms with Crippen LogP contribution in [0.1, 0.15) is 10.4 Å². The number of para-hydroxylation sites is 1. The second-order valence-electron chi connectivity index (χ2n) is 7.58. The molecule has 176 valence electrons. The Morgan fingerprint density at radius 1 is 0.882 bits per heavy atom. The molecule has 0 radical (unpaired) electrons. The van der Waals surface area contributed by atoms with Crippen LogP contribution in [0, 0.1) is 0 Å². The molecular formula is C25H24N2O6S. The fourth-order valence-electron chi connectivity index (χ4n) is 3.56. The summed E-state index contributed by atoms with van der Waals surface area (Å²) in [7, 11) is -3.65. The van der Waals surface area contributed by atoms with Crippen LogP contribution >= 0.6 is 0 Å². The minimum absolute atomic E-state index is 0.0845. The van der Waals surface area contributed by atoms with Crippen molar-refractivity contribution in [3.8, 4) is 11.1 Å². The molecule has 34 heavy (non-hydrogen) atoms. The molecule has 3 aromatic carbocycles. The highest BCUT2D eigenvalue weighted by Crippen LogP contribution is 2.27. The average molecular weight is 481 g/mol. The number of carbonyl (C=O) groups excluding carboxylic acids is 2. The van der Waals surface area contributed by atoms with E-state index in [-0.39, 0.29) is 23.5 Å². The molecule has 1 amide bonds. The highest BCUT2D eigenvalue weighted by molar-refractivity contribution is 7.89. The van der Waals surface area contributed by atoms with E-state index >= 15 is 0 Å². The number of hydrogen-bond acceptors (Lipinski definition) is 6. The Bertz CT molecular complexity index is 1250. The third-order valence-electron chi connectivity index (χ3n) is 5.32. The topological polar surface area (TPSA) is 102 Å². The zero-order valence-corrected chi connectivity index (χ0v) is 19.2. The first kappa shape index (κ1) is 23.6. The molecule has 9 heteroatoms. The summed E-state index contributed by atoms with van der Waals surface area (Å²) in [4.78, 5) is 24.9. The summed E-state index contributed by atoms with van der Waals surface area (Å²) >= 11 is 0. The van der Waals surface area contributed by atoms with Gasteiger partial charge in [0.05, 0.1) is 23.7 Å². The van der Waals surface area contributed by atoms with Crippen molar-refractivity contribution < 1.29 is 27.5 Å². The first-order valence-corrected chi connectivity index (χ1v) is 12.2. The number of ether oxygens (including phenoxy) is 2. The van der Waals surface area contributed by atoms with E-state index in [9.17, 15) is 18.0 Å². The van der Waals surface area contributed by atoms with Crippen molar-refractivity contribution in [2.45, 2.75) is 4.90 Å². The van der Waals surface area contributed by atoms with E-state index in [2.05, 4.69) is 5.32 Å². The standard InChI is InChI=1S/C25H24N2O6S/c28-24(26-23-9-5-4-8-22(23)19-6-2-1-3-7-19)18-33-25(29)20-10-12-21(13-11-20)34(30,31)27-14-16-32-17-15-27/h1-13H,14-18H2,(H,26,28). The maximum absolute atomic E-state index is 12.7. The molecule has 1 N–H and O–H groups in total. The van der Waals surface area contributed by atoms with Gasteiger partial charge in [-0.05, 0) is 35.9 Å². The van der Waals surface area contributed by atoms with E-state index in [0.717, 1.165) is 11.1 Å². The van der Waals surface area contributed by atoms with Gasteiger partial charge in [0.25, 0.3) is 5.91 Å². The molecule has 1 saturated heterocycles. The van der Waals surface area contributed by atoms with Crippen LogP contribution < -0.4 is 5.32 Å². The predicted octanol–water partition coefficient (Wildman–Crippen LogP) is 3.17. The molecule has 3 aromatic rings. The largest absolute Gasteiger partial charge is 0.452 e. The van der Waals surface area contributed by atoms with Crippen molar-refractivity contribution in [2.75, 3.05) is 38.2 Å². The number of nitrogens with one attached hydrogen (secondary N) is 1. The lowest BCUT2D eigenvalue weighted by Gasteiger charge is -2.26. The smallest absolute Gasteiger partial charge is 0.338 e. The second-order valence-corrected chi connectivity index (χ2v) is 9.51. The van der Waals surface area contributed by atoms with Crippen molar-refractivity contribution in [3.05, 3.63) is 84.4 Å². The van der Waals surface area contributed by atoms with Crippen LogP contribution in [-0.4, -0.2) is 57.5 Å². The highest BCUT2D eigenvalue weighted by Gasteiger charge is 2.26. The molecule has 1 aliphatic rings. The quantitative estimate of drug-likeness (QED) is 0.521. The lowest BCUT2D eigenvalue weighted by atomic mass is 10.0. The summed E-state index contributed by atoms with van der Waals surface area (Å²) in [5, 5.41) is 2.77. The van der Waals surface area contributed by atoms with Crippen LogP contribution in [-0.2, 0) is 24.3 Å². The molecule has 1 fully saturated rings. The normalized spacial score (nSPS) is 14.4. The summed E-state index contributed by atoms with van der Waals surface area (Å²) < 4.78 is 37.0. The number of hydrogen-bond donors (Lipinski definition) is 1. The molecule has 1 heterocycles. The molecule has 0 aromatic heterocycles. The third kappa shape index (κ3) is 5.51. The summed E-state index contributed by atoms with van der Waals surface area (Å²) in [5.41, 5.74) is 2.55. The Kier molecular flexibility index (Phi) is 7.36. The maximum Gasteiger partial charge on any atom is 0.338 e. The number of rotatable bonds is 7. The Labute approximate surface area is 198 Å². The van der Waals surface area contributed by atoms with Gasteiger partial charge in [0.15, 0.2) is 6.61 Å². The number of carbonyl (C=O) groups is 2. The van der Waals surface area contributed by atoms with Gasteiger partial charge in [0.2, 0.25) is 10.0 Å². The predicted molar refractivity (Wildman–Crippen MR) is 127 cm³/mol. The van der Waals surface area contributed by atoms with Crippen LogP contribution in [0.25, 0.3) is 11.1 Å². The molecule has 0 atom stereocenters. The Morgan fingerprint density at radius 3 is 2.24 bits per heavy atom. The van der Waals surface area contributed by atoms with Crippen LogP contribution in [0.15, 0.2) is 83.8 Å². The Hall–Kier alpha value is -3.53. The van der Waals surface area contributed by atoms with Crippen molar-refractivity contribution >= 4 is 27.6 Å². The Balaban J connectivity index is 1.36. The van der Waals surface area contributed by atoms with E-state index in [1.54, 1.807) is 12.1 Å². The van der Waals surface area contributed by atoms with Crippen LogP contribution in [0.2, 0.25) is 0 Å². The van der Waals surface area contributed by atoms with Crippen molar-refractivity contribution in [1.82, 2.24) is 4.31 Å². The number of esters is 1. The number of sulfonamides is 1. The van der Waals surface area contributed by atoms with Gasteiger partial charge < -0.3 is 14.8 Å². The zero-order chi connectivity index (χ0) is 24.0. The molecule has 1 aliphatic heterocycles. The molecule has 0 unspecified atom stereocenters. The fourth-order valence-corrected chi connectivity index (χ4v) is 4.97. The zero-order valence-electron chi connectivity index (χ0n) is 18.3. The van der Waals surface area contributed by atoms with Crippen LogP contribution in [0.5, 0.6) is 0 Å². The molecule has 8 nitrogen and oxygen atoms in total. The molecule has 4 rings (SSSR count). The Morgan fingerprint density at radius 2 is 1.53 bits per heavy atom. The van der Waals surface area contributed by atoms with Crippen molar-refractivity contribution in [3.63, 3.8) is 0 Å². The third-order valence-corrected chi connectivity index (χ3v) is 7.23. The van der Waals surface area contributed by atoms with Crippen LogP contribution in [0.4, 0.5) is 5.69 Å². The summed E-state index contributed by atoms with van der Waals surface area (Å²) in [5.74, 6) is -1.20. The van der Waals surface area contributed by atoms with Crippen LogP contribution in [0.3, 0.4) is 0 Å². The number of morpholine rings is 1. The minimum atomic E-state index is -3.65. The van der Waals surface area contributed by atoms with E-state index in [1.807, 2.05) is 42.5 Å². The van der Waals surface area contributed by atoms with E-state index in [4.69, 9.17) is 9.47 Å². The molecule has 0 aliphatic carbocycles. The average Bonchev–Trinajstić information content (AvgIpc) is 2.89. The number of anilines is 1. The van der Waals surface area contributed by atoms with Gasteiger partial charge >= 0.3 is 5.97 Å². The fraction of sp³-hybridized carbons (Fsp3) is 0.200. The SMILES string of the molecule is O=C(COC(=O)c1ccc(S(=O)(=O)N2CCOCC2)cc1)Nc1ccccc1-c1ccccc1. The van der Waals surface area contributed by atoms with E-state index in [1.165, 1.54) is 28.6 Å².